The second-order valence-corrected chi connectivity index (χ2v) is 4.97. The van der Waals surface area contributed by atoms with E-state index in [0.29, 0.717) is 36.8 Å². The van der Waals surface area contributed by atoms with Crippen LogP contribution < -0.4 is 20.1 Å². The van der Waals surface area contributed by atoms with Gasteiger partial charge in [-0.25, -0.2) is 4.79 Å². The minimum absolute atomic E-state index is 0.315. The number of benzene rings is 2. The van der Waals surface area contributed by atoms with Crippen LogP contribution in [-0.4, -0.2) is 19.2 Å². The number of anilines is 1. The number of carbonyl (C=O) groups excluding carboxylic acids is 1. The maximum Gasteiger partial charge on any atom is 0.319 e. The summed E-state index contributed by atoms with van der Waals surface area (Å²) >= 11 is 0. The van der Waals surface area contributed by atoms with Crippen molar-refractivity contribution in [1.29, 1.82) is 5.26 Å². The molecule has 0 bridgehead atoms. The molecule has 1 aliphatic heterocycles. The number of ether oxygens (including phenoxy) is 2. The van der Waals surface area contributed by atoms with Crippen LogP contribution >= 0.6 is 0 Å². The molecular weight excluding hydrogens is 294 g/mol. The predicted octanol–water partition coefficient (Wildman–Crippen LogP) is 2.65. The number of amides is 2. The lowest BCUT2D eigenvalue weighted by molar-refractivity contribution is 0.171. The fourth-order valence-electron chi connectivity index (χ4n) is 2.18. The minimum Gasteiger partial charge on any atom is -0.486 e. The normalized spacial score (nSPS) is 12.1. The van der Waals surface area contributed by atoms with Crippen molar-refractivity contribution >= 4 is 11.7 Å². The van der Waals surface area contributed by atoms with Gasteiger partial charge in [0.15, 0.2) is 11.5 Å². The summed E-state index contributed by atoms with van der Waals surface area (Å²) in [6.45, 7) is 1.46. The highest BCUT2D eigenvalue weighted by Crippen LogP contribution is 2.30. The van der Waals surface area contributed by atoms with Crippen LogP contribution in [0.4, 0.5) is 10.5 Å². The first-order chi connectivity index (χ1) is 11.2. The molecule has 6 nitrogen and oxygen atoms in total. The van der Waals surface area contributed by atoms with Gasteiger partial charge in [0.05, 0.1) is 11.6 Å². The van der Waals surface area contributed by atoms with Crippen molar-refractivity contribution in [3.63, 3.8) is 0 Å². The fourth-order valence-corrected chi connectivity index (χ4v) is 2.18. The van der Waals surface area contributed by atoms with Gasteiger partial charge in [0, 0.05) is 12.2 Å². The molecule has 23 heavy (non-hydrogen) atoms. The average molecular weight is 309 g/mol. The van der Waals surface area contributed by atoms with Crippen LogP contribution in [0, 0.1) is 11.3 Å². The van der Waals surface area contributed by atoms with Crippen LogP contribution in [0.1, 0.15) is 11.1 Å². The Bertz CT molecular complexity index is 751. The summed E-state index contributed by atoms with van der Waals surface area (Å²) in [5, 5.41) is 14.2. The Kier molecular flexibility index (Phi) is 4.29. The zero-order chi connectivity index (χ0) is 16.1. The lowest BCUT2D eigenvalue weighted by Gasteiger charge is -2.19. The third-order valence-corrected chi connectivity index (χ3v) is 3.33. The average Bonchev–Trinajstić information content (AvgIpc) is 2.60. The molecule has 1 aliphatic rings. The van der Waals surface area contributed by atoms with Crippen LogP contribution in [0.3, 0.4) is 0 Å². The van der Waals surface area contributed by atoms with E-state index in [1.54, 1.807) is 24.3 Å². The number of nitrogens with one attached hydrogen (secondary N) is 2. The molecule has 0 aromatic heterocycles. The van der Waals surface area contributed by atoms with Gasteiger partial charge in [-0.15, -0.1) is 0 Å². The highest BCUT2D eigenvalue weighted by atomic mass is 16.6. The van der Waals surface area contributed by atoms with Gasteiger partial charge in [-0.2, -0.15) is 5.26 Å². The third-order valence-electron chi connectivity index (χ3n) is 3.33. The molecule has 2 aromatic carbocycles. The molecule has 0 saturated heterocycles. The monoisotopic (exact) mass is 309 g/mol. The molecule has 2 aromatic rings. The number of fused-ring (bicyclic) bond motifs is 1. The number of hydrogen-bond acceptors (Lipinski definition) is 4. The summed E-state index contributed by atoms with van der Waals surface area (Å²) in [5.74, 6) is 1.42. The van der Waals surface area contributed by atoms with E-state index in [0.717, 1.165) is 11.3 Å². The molecule has 0 saturated carbocycles. The number of hydrogen-bond donors (Lipinski definition) is 2. The molecule has 0 spiro atoms. The molecule has 0 radical (unpaired) electrons. The lowest BCUT2D eigenvalue weighted by atomic mass is 10.2. The van der Waals surface area contributed by atoms with Crippen molar-refractivity contribution in [3.8, 4) is 17.6 Å². The fraction of sp³-hybridized carbons (Fsp3) is 0.176. The quantitative estimate of drug-likeness (QED) is 0.913. The summed E-state index contributed by atoms with van der Waals surface area (Å²) in [6, 6.07) is 14.0. The van der Waals surface area contributed by atoms with Crippen molar-refractivity contribution < 1.29 is 14.3 Å². The van der Waals surface area contributed by atoms with Crippen molar-refractivity contribution in [2.24, 2.45) is 0 Å². The number of nitrogens with zero attached hydrogens (tertiary/aromatic N) is 1. The van der Waals surface area contributed by atoms with E-state index in [1.807, 2.05) is 24.3 Å². The van der Waals surface area contributed by atoms with E-state index in [2.05, 4.69) is 10.6 Å². The van der Waals surface area contributed by atoms with Crippen molar-refractivity contribution in [2.75, 3.05) is 18.5 Å². The SMILES string of the molecule is N#Cc1ccc(NC(=O)NCc2ccc3c(c2)OCCO3)cc1. The summed E-state index contributed by atoms with van der Waals surface area (Å²) in [7, 11) is 0. The van der Waals surface area contributed by atoms with Crippen LogP contribution in [0.5, 0.6) is 11.5 Å². The topological polar surface area (TPSA) is 83.4 Å². The zero-order valence-electron chi connectivity index (χ0n) is 12.3. The summed E-state index contributed by atoms with van der Waals surface area (Å²) < 4.78 is 11.0. The molecular formula is C17H15N3O3. The smallest absolute Gasteiger partial charge is 0.319 e. The number of nitriles is 1. The number of rotatable bonds is 3. The minimum atomic E-state index is -0.315. The Balaban J connectivity index is 1.55. The zero-order valence-corrected chi connectivity index (χ0v) is 12.3. The van der Waals surface area contributed by atoms with Gasteiger partial charge in [-0.3, -0.25) is 0 Å². The summed E-state index contributed by atoms with van der Waals surface area (Å²) in [6.07, 6.45) is 0. The van der Waals surface area contributed by atoms with E-state index in [4.69, 9.17) is 14.7 Å². The van der Waals surface area contributed by atoms with E-state index in [9.17, 15) is 4.79 Å². The third kappa shape index (κ3) is 3.71. The van der Waals surface area contributed by atoms with Crippen molar-refractivity contribution in [3.05, 3.63) is 53.6 Å². The van der Waals surface area contributed by atoms with E-state index < -0.39 is 0 Å². The predicted molar refractivity (Wildman–Crippen MR) is 84.4 cm³/mol. The standard InChI is InChI=1S/C17H15N3O3/c18-10-12-1-4-14(5-2-12)20-17(21)19-11-13-3-6-15-16(9-13)23-8-7-22-15/h1-6,9H,7-8,11H2,(H2,19,20,21). The first-order valence-electron chi connectivity index (χ1n) is 7.18. The Morgan fingerprint density at radius 1 is 1.09 bits per heavy atom. The maximum absolute atomic E-state index is 11.9. The lowest BCUT2D eigenvalue weighted by Crippen LogP contribution is -2.28. The van der Waals surface area contributed by atoms with Crippen LogP contribution in [-0.2, 0) is 6.54 Å². The molecule has 116 valence electrons. The van der Waals surface area contributed by atoms with Crippen molar-refractivity contribution in [2.45, 2.75) is 6.54 Å². The van der Waals surface area contributed by atoms with Gasteiger partial charge in [-0.1, -0.05) is 6.07 Å². The first kappa shape index (κ1) is 14.7. The maximum atomic E-state index is 11.9. The summed E-state index contributed by atoms with van der Waals surface area (Å²) in [5.41, 5.74) is 2.10. The van der Waals surface area contributed by atoms with Gasteiger partial charge >= 0.3 is 6.03 Å². The van der Waals surface area contributed by atoms with Crippen molar-refractivity contribution in [1.82, 2.24) is 5.32 Å². The molecule has 1 heterocycles. The van der Waals surface area contributed by atoms with Gasteiger partial charge < -0.3 is 20.1 Å². The second-order valence-electron chi connectivity index (χ2n) is 4.97. The molecule has 0 fully saturated rings. The van der Waals surface area contributed by atoms with Crippen LogP contribution in [0.25, 0.3) is 0 Å². The van der Waals surface area contributed by atoms with Gasteiger partial charge in [0.2, 0.25) is 0 Å². The highest BCUT2D eigenvalue weighted by molar-refractivity contribution is 5.89. The second kappa shape index (κ2) is 6.71. The molecule has 0 atom stereocenters. The molecule has 3 rings (SSSR count). The number of urea groups is 1. The first-order valence-corrected chi connectivity index (χ1v) is 7.18. The molecule has 0 aliphatic carbocycles. The van der Waals surface area contributed by atoms with E-state index in [-0.39, 0.29) is 6.03 Å². The largest absolute Gasteiger partial charge is 0.486 e. The Morgan fingerprint density at radius 3 is 2.57 bits per heavy atom. The van der Waals surface area contributed by atoms with Gasteiger partial charge in [0.25, 0.3) is 0 Å². The van der Waals surface area contributed by atoms with Crippen LogP contribution in [0.15, 0.2) is 42.5 Å². The van der Waals surface area contributed by atoms with Gasteiger partial charge in [-0.05, 0) is 42.0 Å². The Labute approximate surface area is 133 Å². The molecule has 6 heteroatoms. The van der Waals surface area contributed by atoms with Gasteiger partial charge in [0.1, 0.15) is 13.2 Å². The Hall–Kier alpha value is -3.20. The Morgan fingerprint density at radius 2 is 1.83 bits per heavy atom. The molecule has 0 unspecified atom stereocenters. The number of carbonyl (C=O) groups is 1. The summed E-state index contributed by atoms with van der Waals surface area (Å²) in [4.78, 5) is 11.9. The molecule has 2 amide bonds. The van der Waals surface area contributed by atoms with E-state index in [1.165, 1.54) is 0 Å². The van der Waals surface area contributed by atoms with E-state index >= 15 is 0 Å². The van der Waals surface area contributed by atoms with Crippen LogP contribution in [0.2, 0.25) is 0 Å². The molecule has 2 N–H and O–H groups in total. The highest BCUT2D eigenvalue weighted by Gasteiger charge is 2.12.